The van der Waals surface area contributed by atoms with Crippen LogP contribution in [0.15, 0.2) is 24.3 Å². The molecular formula is C18H26N2O5S. The Kier molecular flexibility index (Phi) is 6.63. The summed E-state index contributed by atoms with van der Waals surface area (Å²) in [6.07, 6.45) is 3.08. The number of amides is 1. The first-order valence-corrected chi connectivity index (χ1v) is 10.6. The average molecular weight is 382 g/mol. The van der Waals surface area contributed by atoms with E-state index in [-0.39, 0.29) is 19.1 Å². The number of ether oxygens (including phenoxy) is 1. The molecule has 8 heteroatoms. The van der Waals surface area contributed by atoms with Gasteiger partial charge in [-0.25, -0.2) is 13.2 Å². The topological polar surface area (TPSA) is 84.0 Å². The van der Waals surface area contributed by atoms with Gasteiger partial charge in [0.25, 0.3) is 0 Å². The van der Waals surface area contributed by atoms with E-state index >= 15 is 0 Å². The number of piperidine rings is 1. The Morgan fingerprint density at radius 1 is 1.27 bits per heavy atom. The maximum atomic E-state index is 12.6. The molecule has 1 aliphatic rings. The van der Waals surface area contributed by atoms with Gasteiger partial charge in [-0.15, -0.1) is 0 Å². The quantitative estimate of drug-likeness (QED) is 0.702. The molecule has 7 nitrogen and oxygen atoms in total. The lowest BCUT2D eigenvalue weighted by molar-refractivity contribution is -0.131. The molecule has 0 aromatic heterocycles. The maximum absolute atomic E-state index is 12.6. The SMILES string of the molecule is CCOC(=O)c1ccc(N(CC(=O)N2CCCC(C)C2)S(C)(=O)=O)cc1. The number of rotatable bonds is 6. The Morgan fingerprint density at radius 3 is 2.46 bits per heavy atom. The first-order valence-electron chi connectivity index (χ1n) is 8.75. The third-order valence-corrected chi connectivity index (χ3v) is 5.50. The van der Waals surface area contributed by atoms with Gasteiger partial charge >= 0.3 is 5.97 Å². The van der Waals surface area contributed by atoms with Crippen molar-refractivity contribution >= 4 is 27.6 Å². The van der Waals surface area contributed by atoms with Gasteiger partial charge < -0.3 is 9.64 Å². The summed E-state index contributed by atoms with van der Waals surface area (Å²) in [7, 11) is -3.64. The summed E-state index contributed by atoms with van der Waals surface area (Å²) in [4.78, 5) is 26.0. The molecule has 0 N–H and O–H groups in total. The summed E-state index contributed by atoms with van der Waals surface area (Å²) in [6.45, 7) is 5.12. The normalized spacial score (nSPS) is 17.7. The van der Waals surface area contributed by atoms with E-state index in [2.05, 4.69) is 6.92 Å². The number of hydrogen-bond acceptors (Lipinski definition) is 5. The fourth-order valence-corrected chi connectivity index (χ4v) is 3.87. The molecule has 1 aromatic rings. The van der Waals surface area contributed by atoms with Crippen LogP contribution in [0, 0.1) is 5.92 Å². The van der Waals surface area contributed by atoms with Crippen LogP contribution in [0.5, 0.6) is 0 Å². The number of sulfonamides is 1. The number of likely N-dealkylation sites (tertiary alicyclic amines) is 1. The third kappa shape index (κ3) is 5.20. The summed E-state index contributed by atoms with van der Waals surface area (Å²) in [5.41, 5.74) is 0.680. The van der Waals surface area contributed by atoms with Crippen molar-refractivity contribution in [2.24, 2.45) is 5.92 Å². The van der Waals surface area contributed by atoms with E-state index in [1.54, 1.807) is 11.8 Å². The molecule has 0 aliphatic carbocycles. The summed E-state index contributed by atoms with van der Waals surface area (Å²) < 4.78 is 30.4. The Hall–Kier alpha value is -2.09. The predicted molar refractivity (Wildman–Crippen MR) is 99.6 cm³/mol. The van der Waals surface area contributed by atoms with E-state index in [4.69, 9.17) is 4.74 Å². The molecule has 2 rings (SSSR count). The van der Waals surface area contributed by atoms with Crippen molar-refractivity contribution < 1.29 is 22.7 Å². The molecule has 0 spiro atoms. The highest BCUT2D eigenvalue weighted by atomic mass is 32.2. The van der Waals surface area contributed by atoms with Gasteiger partial charge in [-0.05, 0) is 49.9 Å². The summed E-state index contributed by atoms with van der Waals surface area (Å²) in [6, 6.07) is 6.02. The maximum Gasteiger partial charge on any atom is 0.338 e. The van der Waals surface area contributed by atoms with Crippen LogP contribution in [-0.4, -0.2) is 57.7 Å². The van der Waals surface area contributed by atoms with Gasteiger partial charge in [-0.2, -0.15) is 0 Å². The zero-order valence-corrected chi connectivity index (χ0v) is 16.3. The summed E-state index contributed by atoms with van der Waals surface area (Å²) in [5.74, 6) is -0.261. The van der Waals surface area contributed by atoms with Crippen LogP contribution in [0.2, 0.25) is 0 Å². The molecule has 0 saturated carbocycles. The largest absolute Gasteiger partial charge is 0.462 e. The zero-order valence-electron chi connectivity index (χ0n) is 15.5. The Balaban J connectivity index is 2.17. The van der Waals surface area contributed by atoms with Crippen LogP contribution < -0.4 is 4.31 Å². The van der Waals surface area contributed by atoms with Crippen LogP contribution in [0.3, 0.4) is 0 Å². The summed E-state index contributed by atoms with van der Waals surface area (Å²) in [5, 5.41) is 0. The van der Waals surface area contributed by atoms with Gasteiger partial charge in [-0.3, -0.25) is 9.10 Å². The van der Waals surface area contributed by atoms with Gasteiger partial charge in [0, 0.05) is 13.1 Å². The first kappa shape index (κ1) is 20.2. The molecule has 0 bridgehead atoms. The smallest absolute Gasteiger partial charge is 0.338 e. The zero-order chi connectivity index (χ0) is 19.3. The number of benzene rings is 1. The molecule has 1 unspecified atom stereocenters. The van der Waals surface area contributed by atoms with Gasteiger partial charge in [-0.1, -0.05) is 6.92 Å². The molecule has 26 heavy (non-hydrogen) atoms. The van der Waals surface area contributed by atoms with Crippen molar-refractivity contribution in [1.29, 1.82) is 0 Å². The number of esters is 1. The molecule has 1 aliphatic heterocycles. The average Bonchev–Trinajstić information content (AvgIpc) is 2.59. The van der Waals surface area contributed by atoms with Crippen molar-refractivity contribution in [2.75, 3.05) is 36.8 Å². The number of hydrogen-bond donors (Lipinski definition) is 0. The van der Waals surface area contributed by atoms with Crippen molar-refractivity contribution in [3.8, 4) is 0 Å². The Morgan fingerprint density at radius 2 is 1.92 bits per heavy atom. The van der Waals surface area contributed by atoms with E-state index in [1.165, 1.54) is 24.3 Å². The molecule has 144 valence electrons. The van der Waals surface area contributed by atoms with Crippen LogP contribution >= 0.6 is 0 Å². The van der Waals surface area contributed by atoms with Gasteiger partial charge in [0.05, 0.1) is 24.1 Å². The van der Waals surface area contributed by atoms with E-state index < -0.39 is 16.0 Å². The van der Waals surface area contributed by atoms with Gasteiger partial charge in [0.1, 0.15) is 6.54 Å². The lowest BCUT2D eigenvalue weighted by atomic mass is 10.0. The van der Waals surface area contributed by atoms with E-state index in [9.17, 15) is 18.0 Å². The fourth-order valence-electron chi connectivity index (χ4n) is 3.02. The first-order chi connectivity index (χ1) is 12.2. The van der Waals surface area contributed by atoms with Crippen molar-refractivity contribution in [2.45, 2.75) is 26.7 Å². The third-order valence-electron chi connectivity index (χ3n) is 4.36. The van der Waals surface area contributed by atoms with Gasteiger partial charge in [0.15, 0.2) is 0 Å². The molecule has 1 amide bonds. The molecule has 1 saturated heterocycles. The summed E-state index contributed by atoms with van der Waals surface area (Å²) >= 11 is 0. The second-order valence-electron chi connectivity index (χ2n) is 6.62. The number of carbonyl (C=O) groups is 2. The number of anilines is 1. The second kappa shape index (κ2) is 8.53. The van der Waals surface area contributed by atoms with Gasteiger partial charge in [0.2, 0.25) is 15.9 Å². The van der Waals surface area contributed by atoms with Crippen LogP contribution in [-0.2, 0) is 19.6 Å². The second-order valence-corrected chi connectivity index (χ2v) is 8.53. The van der Waals surface area contributed by atoms with Crippen molar-refractivity contribution in [1.82, 2.24) is 4.90 Å². The van der Waals surface area contributed by atoms with E-state index in [0.29, 0.717) is 30.3 Å². The Bertz CT molecular complexity index is 745. The number of nitrogens with zero attached hydrogens (tertiary/aromatic N) is 2. The fraction of sp³-hybridized carbons (Fsp3) is 0.556. The molecular weight excluding hydrogens is 356 g/mol. The minimum atomic E-state index is -3.64. The minimum absolute atomic E-state index is 0.212. The molecule has 0 radical (unpaired) electrons. The Labute approximate surface area is 155 Å². The monoisotopic (exact) mass is 382 g/mol. The molecule has 1 fully saturated rings. The van der Waals surface area contributed by atoms with Crippen LogP contribution in [0.25, 0.3) is 0 Å². The van der Waals surface area contributed by atoms with E-state index in [0.717, 1.165) is 23.4 Å². The van der Waals surface area contributed by atoms with Crippen molar-refractivity contribution in [3.63, 3.8) is 0 Å². The standard InChI is InChI=1S/C18H26N2O5S/c1-4-25-18(22)15-7-9-16(10-8-15)20(26(3,23)24)13-17(21)19-11-5-6-14(2)12-19/h7-10,14H,4-6,11-13H2,1-3H3. The van der Waals surface area contributed by atoms with Crippen LogP contribution in [0.1, 0.15) is 37.0 Å². The van der Waals surface area contributed by atoms with E-state index in [1.807, 2.05) is 0 Å². The molecule has 1 atom stereocenters. The lowest BCUT2D eigenvalue weighted by Crippen LogP contribution is -2.46. The highest BCUT2D eigenvalue weighted by Gasteiger charge is 2.26. The lowest BCUT2D eigenvalue weighted by Gasteiger charge is -2.33. The molecule has 1 heterocycles. The molecule has 1 aromatic carbocycles. The predicted octanol–water partition coefficient (Wildman–Crippen LogP) is 1.89. The highest BCUT2D eigenvalue weighted by molar-refractivity contribution is 7.92. The number of carbonyl (C=O) groups excluding carboxylic acids is 2. The highest BCUT2D eigenvalue weighted by Crippen LogP contribution is 2.21. The minimum Gasteiger partial charge on any atom is -0.462 e. The van der Waals surface area contributed by atoms with Crippen LogP contribution in [0.4, 0.5) is 5.69 Å². The van der Waals surface area contributed by atoms with Crippen molar-refractivity contribution in [3.05, 3.63) is 29.8 Å².